The van der Waals surface area contributed by atoms with E-state index in [-0.39, 0.29) is 0 Å². The molecule has 0 unspecified atom stereocenters. The van der Waals surface area contributed by atoms with Gasteiger partial charge < -0.3 is 5.73 Å². The number of unbranched alkanes of at least 4 members (excludes halogenated alkanes) is 14. The van der Waals surface area contributed by atoms with Gasteiger partial charge in [0.2, 0.25) is 0 Å². The topological polar surface area (TPSA) is 66.9 Å². The SMILES string of the molecule is CCCCCCCCCCCCCCCCC[C](=O)[Na].N#CN. The van der Waals surface area contributed by atoms with Crippen LogP contribution in [0.1, 0.15) is 110 Å². The summed E-state index contributed by atoms with van der Waals surface area (Å²) in [5.41, 5.74) is 4.15. The molecule has 0 amide bonds. The fraction of sp³-hybridized carbons (Fsp3) is 0.895. The number of hydrogen-bond acceptors (Lipinski definition) is 3. The van der Waals surface area contributed by atoms with Gasteiger partial charge in [-0.05, 0) is 0 Å². The van der Waals surface area contributed by atoms with Gasteiger partial charge in [0.1, 0.15) is 0 Å². The summed E-state index contributed by atoms with van der Waals surface area (Å²) in [5, 5.41) is 7.10. The molecule has 0 aromatic rings. The van der Waals surface area contributed by atoms with Gasteiger partial charge in [0.05, 0.1) is 0 Å². The standard InChI is InChI=1S/C18H35O.CH2N2.Na/c1-2-3-4-5-6-7-8-9-10-11-12-13-14-15-16-17-18-19;2-1-3;/h2-17H2,1H3;2H2;. The molecule has 0 rings (SSSR count). The third kappa shape index (κ3) is 30.4. The number of nitriles is 1. The molecule has 0 aliphatic carbocycles. The molecule has 23 heavy (non-hydrogen) atoms. The van der Waals surface area contributed by atoms with Gasteiger partial charge in [-0.1, -0.05) is 39.0 Å². The average molecular weight is 333 g/mol. The first kappa shape index (κ1) is 25.2. The van der Waals surface area contributed by atoms with Crippen LogP contribution in [-0.2, 0) is 4.79 Å². The first-order valence-electron chi connectivity index (χ1n) is 9.78. The van der Waals surface area contributed by atoms with Gasteiger partial charge in [0, 0.05) is 0 Å². The van der Waals surface area contributed by atoms with Crippen LogP contribution in [0, 0.1) is 11.5 Å². The van der Waals surface area contributed by atoms with E-state index in [2.05, 4.69) is 12.7 Å². The van der Waals surface area contributed by atoms with Crippen LogP contribution >= 0.6 is 0 Å². The second-order valence-corrected chi connectivity index (χ2v) is 7.65. The van der Waals surface area contributed by atoms with E-state index in [1.165, 1.54) is 96.1 Å². The van der Waals surface area contributed by atoms with Crippen molar-refractivity contribution in [1.29, 1.82) is 5.26 Å². The van der Waals surface area contributed by atoms with Crippen molar-refractivity contribution in [3.8, 4) is 6.19 Å². The third-order valence-electron chi connectivity index (χ3n) is 4.13. The van der Waals surface area contributed by atoms with Crippen LogP contribution in [0.5, 0.6) is 0 Å². The quantitative estimate of drug-likeness (QED) is 0.179. The molecule has 0 radical (unpaired) electrons. The van der Waals surface area contributed by atoms with E-state index in [4.69, 9.17) is 5.26 Å². The molecule has 0 bridgehead atoms. The Bertz CT molecular complexity index is 277. The second-order valence-electron chi connectivity index (χ2n) is 6.53. The number of rotatable bonds is 16. The molecular weight excluding hydrogens is 295 g/mol. The van der Waals surface area contributed by atoms with Gasteiger partial charge in [-0.3, -0.25) is 0 Å². The molecule has 0 aliphatic rings. The Hall–Kier alpha value is -0.0400. The molecule has 0 aromatic heterocycles. The number of carbonyl (C=O) groups excluding carboxylic acids is 1. The summed E-state index contributed by atoms with van der Waals surface area (Å²) in [6.07, 6.45) is 23.0. The van der Waals surface area contributed by atoms with E-state index in [9.17, 15) is 4.79 Å². The molecular formula is C19H37N2NaO. The van der Waals surface area contributed by atoms with E-state index in [0.29, 0.717) is 3.03 Å². The summed E-state index contributed by atoms with van der Waals surface area (Å²) in [7, 11) is 0. The van der Waals surface area contributed by atoms with Crippen LogP contribution in [-0.4, -0.2) is 31.0 Å². The molecule has 0 spiro atoms. The number of carbonyl (C=O) groups is 1. The molecule has 4 heteroatoms. The van der Waals surface area contributed by atoms with Crippen LogP contribution in [0.3, 0.4) is 0 Å². The minimum absolute atomic E-state index is 0.486. The maximum Gasteiger partial charge on any atom is 0.173 e. The summed E-state index contributed by atoms with van der Waals surface area (Å²) < 4.78 is 0.486. The minimum atomic E-state index is 0.486. The largest absolute Gasteiger partial charge is 0.337 e. The summed E-state index contributed by atoms with van der Waals surface area (Å²) >= 11 is 0.751. The van der Waals surface area contributed by atoms with Crippen molar-refractivity contribution in [3.05, 3.63) is 0 Å². The van der Waals surface area contributed by atoms with Crippen molar-refractivity contribution >= 4 is 31.0 Å². The van der Waals surface area contributed by atoms with Gasteiger partial charge in [0.15, 0.2) is 6.19 Å². The maximum absolute atomic E-state index is 10.8. The van der Waals surface area contributed by atoms with E-state index in [1.54, 1.807) is 0 Å². The number of nitrogens with two attached hydrogens (primary N) is 1. The summed E-state index contributed by atoms with van der Waals surface area (Å²) in [6.45, 7) is 2.28. The van der Waals surface area contributed by atoms with Crippen LogP contribution in [0.4, 0.5) is 0 Å². The van der Waals surface area contributed by atoms with Crippen molar-refractivity contribution in [1.82, 2.24) is 0 Å². The molecule has 2 N–H and O–H groups in total. The van der Waals surface area contributed by atoms with Crippen molar-refractivity contribution in [2.45, 2.75) is 110 Å². The van der Waals surface area contributed by atoms with Gasteiger partial charge in [-0.25, -0.2) is 0 Å². The molecule has 0 aromatic carbocycles. The number of nitrogens with zero attached hydrogens (tertiary/aromatic N) is 1. The van der Waals surface area contributed by atoms with Gasteiger partial charge in [0.25, 0.3) is 0 Å². The molecule has 0 saturated heterocycles. The Morgan fingerprint density at radius 2 is 1.04 bits per heavy atom. The van der Waals surface area contributed by atoms with Gasteiger partial charge in [-0.15, -0.1) is 0 Å². The smallest absolute Gasteiger partial charge is 0.173 e. The zero-order valence-electron chi connectivity index (χ0n) is 15.7. The Kier molecular flexibility index (Phi) is 26.5. The maximum atomic E-state index is 10.8. The molecule has 0 fully saturated rings. The normalized spacial score (nSPS) is 9.83. The average Bonchev–Trinajstić information content (AvgIpc) is 2.51. The van der Waals surface area contributed by atoms with E-state index in [0.717, 1.165) is 40.8 Å². The Balaban J connectivity index is 0. The fourth-order valence-corrected chi connectivity index (χ4v) is 3.10. The molecule has 130 valence electrons. The Morgan fingerprint density at radius 1 is 0.783 bits per heavy atom. The molecule has 0 aliphatic heterocycles. The fourth-order valence-electron chi connectivity index (χ4n) is 2.75. The van der Waals surface area contributed by atoms with Crippen LogP contribution in [0.15, 0.2) is 0 Å². The van der Waals surface area contributed by atoms with E-state index in [1.807, 2.05) is 0 Å². The van der Waals surface area contributed by atoms with Crippen LogP contribution in [0.25, 0.3) is 0 Å². The first-order chi connectivity index (χ1) is 11.2. The third-order valence-corrected chi connectivity index (χ3v) is 4.63. The van der Waals surface area contributed by atoms with Gasteiger partial charge >= 0.3 is 106 Å². The Morgan fingerprint density at radius 3 is 1.30 bits per heavy atom. The van der Waals surface area contributed by atoms with E-state index >= 15 is 0 Å². The monoisotopic (exact) mass is 332 g/mol. The first-order valence-corrected chi connectivity index (χ1v) is 10.8. The summed E-state index contributed by atoms with van der Waals surface area (Å²) in [5.74, 6) is 0. The molecule has 3 nitrogen and oxygen atoms in total. The number of hydrogen-bond donors (Lipinski definition) is 1. The molecule has 0 heterocycles. The van der Waals surface area contributed by atoms with Crippen molar-refractivity contribution in [2.24, 2.45) is 5.73 Å². The second kappa shape index (κ2) is 24.2. The van der Waals surface area contributed by atoms with Crippen molar-refractivity contribution < 1.29 is 4.79 Å². The van der Waals surface area contributed by atoms with Crippen molar-refractivity contribution in [2.75, 3.05) is 0 Å². The van der Waals surface area contributed by atoms with Crippen LogP contribution < -0.4 is 5.73 Å². The predicted octanol–water partition coefficient (Wildman–Crippen LogP) is 5.37. The molecule has 0 atom stereocenters. The molecule has 0 saturated carbocycles. The zero-order valence-corrected chi connectivity index (χ0v) is 17.7. The summed E-state index contributed by atoms with van der Waals surface area (Å²) in [4.78, 5) is 10.8. The zero-order chi connectivity index (χ0) is 17.6. The van der Waals surface area contributed by atoms with Gasteiger partial charge in [-0.2, -0.15) is 5.26 Å². The Labute approximate surface area is 162 Å². The predicted molar refractivity (Wildman–Crippen MR) is 100 cm³/mol. The summed E-state index contributed by atoms with van der Waals surface area (Å²) in [6, 6.07) is 0. The van der Waals surface area contributed by atoms with E-state index < -0.39 is 0 Å². The van der Waals surface area contributed by atoms with Crippen molar-refractivity contribution in [3.63, 3.8) is 0 Å². The minimum Gasteiger partial charge on any atom is -0.337 e. The van der Waals surface area contributed by atoms with Crippen LogP contribution in [0.2, 0.25) is 0 Å².